The molecule has 1 aromatic heterocycles. The second-order valence-corrected chi connectivity index (χ2v) is 5.11. The van der Waals surface area contributed by atoms with Crippen molar-refractivity contribution in [1.29, 1.82) is 0 Å². The fraction of sp³-hybridized carbons (Fsp3) is 0.154. The van der Waals surface area contributed by atoms with Crippen molar-refractivity contribution in [3.8, 4) is 0 Å². The van der Waals surface area contributed by atoms with Crippen molar-refractivity contribution in [3.63, 3.8) is 0 Å². The molecule has 110 valence electrons. The average Bonchev–Trinajstić information content (AvgIpc) is 2.91. The van der Waals surface area contributed by atoms with Crippen molar-refractivity contribution in [3.05, 3.63) is 51.5 Å². The summed E-state index contributed by atoms with van der Waals surface area (Å²) in [6.45, 7) is 1.74. The molecule has 0 saturated carbocycles. The van der Waals surface area contributed by atoms with Crippen molar-refractivity contribution in [2.45, 2.75) is 13.0 Å². The monoisotopic (exact) mass is 327 g/mol. The van der Waals surface area contributed by atoms with Crippen LogP contribution in [0.15, 0.2) is 24.5 Å². The van der Waals surface area contributed by atoms with Crippen LogP contribution in [-0.2, 0) is 0 Å². The predicted molar refractivity (Wildman–Crippen MR) is 77.9 cm³/mol. The molecule has 0 aliphatic rings. The summed E-state index contributed by atoms with van der Waals surface area (Å²) in [5, 5.41) is 12.4. The summed E-state index contributed by atoms with van der Waals surface area (Å²) in [5.41, 5.74) is 0.313. The van der Waals surface area contributed by atoms with Crippen LogP contribution in [0.5, 0.6) is 0 Å². The van der Waals surface area contributed by atoms with E-state index in [0.29, 0.717) is 10.0 Å². The molecule has 1 aromatic carbocycles. The maximum Gasteiger partial charge on any atom is 0.354 e. The molecule has 6 nitrogen and oxygen atoms in total. The van der Waals surface area contributed by atoms with Crippen LogP contribution in [0.4, 0.5) is 0 Å². The molecule has 3 N–H and O–H groups in total. The number of nitrogens with one attached hydrogen (secondary N) is 2. The zero-order chi connectivity index (χ0) is 15.6. The first-order valence-corrected chi connectivity index (χ1v) is 6.68. The summed E-state index contributed by atoms with van der Waals surface area (Å²) in [6, 6.07) is 4.60. The van der Waals surface area contributed by atoms with Crippen molar-refractivity contribution in [2.24, 2.45) is 0 Å². The Labute approximate surface area is 130 Å². The number of carbonyl (C=O) groups is 2. The first-order valence-electron chi connectivity index (χ1n) is 5.92. The number of carboxylic acid groups (broad SMARTS) is 1. The van der Waals surface area contributed by atoms with E-state index in [2.05, 4.69) is 15.3 Å². The molecule has 1 atom stereocenters. The number of hydrogen-bond acceptors (Lipinski definition) is 3. The highest BCUT2D eigenvalue weighted by molar-refractivity contribution is 6.42. The Bertz CT molecular complexity index is 700. The van der Waals surface area contributed by atoms with E-state index in [-0.39, 0.29) is 17.4 Å². The maximum atomic E-state index is 12.1. The normalized spacial score (nSPS) is 12.0. The van der Waals surface area contributed by atoms with Gasteiger partial charge < -0.3 is 15.4 Å². The molecule has 0 bridgehead atoms. The maximum absolute atomic E-state index is 12.1. The molecule has 0 saturated heterocycles. The Morgan fingerprint density at radius 1 is 1.33 bits per heavy atom. The minimum atomic E-state index is -1.25. The number of amides is 1. The average molecular weight is 328 g/mol. The minimum Gasteiger partial charge on any atom is -0.477 e. The molecule has 2 aromatic rings. The van der Waals surface area contributed by atoms with E-state index in [4.69, 9.17) is 28.3 Å². The number of nitrogens with zero attached hydrogens (tertiary/aromatic N) is 1. The molecule has 1 amide bonds. The lowest BCUT2D eigenvalue weighted by Gasteiger charge is -2.14. The van der Waals surface area contributed by atoms with E-state index in [9.17, 15) is 9.59 Å². The van der Waals surface area contributed by atoms with Gasteiger partial charge in [-0.3, -0.25) is 4.79 Å². The molecular weight excluding hydrogens is 317 g/mol. The molecule has 0 radical (unpaired) electrons. The van der Waals surface area contributed by atoms with Crippen molar-refractivity contribution < 1.29 is 14.7 Å². The predicted octanol–water partition coefficient (Wildman–Crippen LogP) is 2.91. The second kappa shape index (κ2) is 6.15. The van der Waals surface area contributed by atoms with E-state index in [1.54, 1.807) is 25.1 Å². The van der Waals surface area contributed by atoms with E-state index >= 15 is 0 Å². The van der Waals surface area contributed by atoms with E-state index < -0.39 is 11.9 Å². The van der Waals surface area contributed by atoms with Gasteiger partial charge in [-0.1, -0.05) is 29.3 Å². The molecule has 0 fully saturated rings. The molecule has 0 aliphatic carbocycles. The van der Waals surface area contributed by atoms with Gasteiger partial charge in [0.05, 0.1) is 22.4 Å². The number of imidazole rings is 1. The molecule has 8 heteroatoms. The highest BCUT2D eigenvalue weighted by Crippen LogP contribution is 2.25. The molecule has 0 aliphatic heterocycles. The number of carboxylic acids is 1. The van der Waals surface area contributed by atoms with Crippen molar-refractivity contribution >= 4 is 35.1 Å². The van der Waals surface area contributed by atoms with Crippen LogP contribution in [0.3, 0.4) is 0 Å². The third kappa shape index (κ3) is 3.34. The molecule has 1 unspecified atom stereocenters. The van der Waals surface area contributed by atoms with Crippen LogP contribution in [0.25, 0.3) is 0 Å². The van der Waals surface area contributed by atoms with Gasteiger partial charge in [-0.2, -0.15) is 0 Å². The standard InChI is InChI=1S/C13H11Cl2N3O3/c1-6(7-2-3-8(14)9(15)4-7)18-12(19)10-11(13(20)21)17-5-16-10/h2-6H,1H3,(H,16,17)(H,18,19)(H,20,21). The number of H-pyrrole nitrogens is 1. The van der Waals surface area contributed by atoms with Gasteiger partial charge in [0.15, 0.2) is 11.4 Å². The van der Waals surface area contributed by atoms with E-state index in [1.165, 1.54) is 0 Å². The number of rotatable bonds is 4. The van der Waals surface area contributed by atoms with Crippen LogP contribution in [0.1, 0.15) is 39.5 Å². The molecule has 0 spiro atoms. The highest BCUT2D eigenvalue weighted by atomic mass is 35.5. The van der Waals surface area contributed by atoms with Gasteiger partial charge in [-0.25, -0.2) is 9.78 Å². The van der Waals surface area contributed by atoms with Gasteiger partial charge >= 0.3 is 5.97 Å². The number of benzene rings is 1. The summed E-state index contributed by atoms with van der Waals surface area (Å²) >= 11 is 11.8. The lowest BCUT2D eigenvalue weighted by Crippen LogP contribution is -2.28. The van der Waals surface area contributed by atoms with Crippen molar-refractivity contribution in [1.82, 2.24) is 15.3 Å². The number of hydrogen-bond donors (Lipinski definition) is 3. The van der Waals surface area contributed by atoms with Gasteiger partial charge in [-0.15, -0.1) is 0 Å². The Hall–Kier alpha value is -2.05. The third-order valence-electron chi connectivity index (χ3n) is 2.86. The number of carbonyl (C=O) groups excluding carboxylic acids is 1. The van der Waals surface area contributed by atoms with Crippen LogP contribution in [0, 0.1) is 0 Å². The van der Waals surface area contributed by atoms with Crippen LogP contribution in [0.2, 0.25) is 10.0 Å². The van der Waals surface area contributed by atoms with Crippen LogP contribution >= 0.6 is 23.2 Å². The Morgan fingerprint density at radius 3 is 2.67 bits per heavy atom. The summed E-state index contributed by atoms with van der Waals surface area (Å²) < 4.78 is 0. The van der Waals surface area contributed by atoms with Crippen molar-refractivity contribution in [2.75, 3.05) is 0 Å². The largest absolute Gasteiger partial charge is 0.477 e. The topological polar surface area (TPSA) is 95.1 Å². The Morgan fingerprint density at radius 2 is 2.05 bits per heavy atom. The molecule has 21 heavy (non-hydrogen) atoms. The van der Waals surface area contributed by atoms with Crippen LogP contribution < -0.4 is 5.32 Å². The SMILES string of the molecule is CC(NC(=O)c1nc[nH]c1C(=O)O)c1ccc(Cl)c(Cl)c1. The van der Waals surface area contributed by atoms with Gasteiger partial charge in [0, 0.05) is 0 Å². The zero-order valence-corrected chi connectivity index (χ0v) is 12.4. The van der Waals surface area contributed by atoms with Gasteiger partial charge in [0.2, 0.25) is 0 Å². The molecule has 2 rings (SSSR count). The summed E-state index contributed by atoms with van der Waals surface area (Å²) in [5.74, 6) is -1.84. The number of aromatic carboxylic acids is 1. The van der Waals surface area contributed by atoms with E-state index in [0.717, 1.165) is 11.9 Å². The third-order valence-corrected chi connectivity index (χ3v) is 3.60. The Balaban J connectivity index is 2.17. The lowest BCUT2D eigenvalue weighted by atomic mass is 10.1. The highest BCUT2D eigenvalue weighted by Gasteiger charge is 2.21. The summed E-state index contributed by atoms with van der Waals surface area (Å²) in [4.78, 5) is 29.1. The first kappa shape index (κ1) is 15.3. The van der Waals surface area contributed by atoms with Gasteiger partial charge in [0.25, 0.3) is 5.91 Å². The van der Waals surface area contributed by atoms with Gasteiger partial charge in [-0.05, 0) is 24.6 Å². The van der Waals surface area contributed by atoms with Gasteiger partial charge in [0.1, 0.15) is 0 Å². The number of aromatic nitrogens is 2. The van der Waals surface area contributed by atoms with Crippen LogP contribution in [-0.4, -0.2) is 27.0 Å². The van der Waals surface area contributed by atoms with E-state index in [1.807, 2.05) is 0 Å². The molecular formula is C13H11Cl2N3O3. The first-order chi connectivity index (χ1) is 9.90. The fourth-order valence-electron chi connectivity index (χ4n) is 1.76. The second-order valence-electron chi connectivity index (χ2n) is 4.30. The quantitative estimate of drug-likeness (QED) is 0.804. The Kier molecular flexibility index (Phi) is 4.50. The minimum absolute atomic E-state index is 0.172. The summed E-state index contributed by atoms with van der Waals surface area (Å²) in [6.07, 6.45) is 1.15. The smallest absolute Gasteiger partial charge is 0.354 e. The molecule has 1 heterocycles. The summed E-state index contributed by atoms with van der Waals surface area (Å²) in [7, 11) is 0. The number of halogens is 2. The fourth-order valence-corrected chi connectivity index (χ4v) is 2.07. The zero-order valence-electron chi connectivity index (χ0n) is 10.9. The number of aromatic amines is 1. The lowest BCUT2D eigenvalue weighted by molar-refractivity contribution is 0.0684.